The highest BCUT2D eigenvalue weighted by Gasteiger charge is 2.25. The zero-order valence-corrected chi connectivity index (χ0v) is 12.2. The summed E-state index contributed by atoms with van der Waals surface area (Å²) in [6.45, 7) is 5.87. The summed E-state index contributed by atoms with van der Waals surface area (Å²) in [5, 5.41) is 7.60. The van der Waals surface area contributed by atoms with Gasteiger partial charge in [0.15, 0.2) is 5.82 Å². The molecule has 0 aliphatic carbocycles. The quantitative estimate of drug-likeness (QED) is 0.867. The van der Waals surface area contributed by atoms with Crippen LogP contribution in [-0.4, -0.2) is 14.8 Å². The molecule has 2 rings (SSSR count). The summed E-state index contributed by atoms with van der Waals surface area (Å²) < 4.78 is 29.3. The number of benzene rings is 1. The van der Waals surface area contributed by atoms with Crippen molar-refractivity contribution in [1.29, 1.82) is 0 Å². The van der Waals surface area contributed by atoms with Crippen LogP contribution < -0.4 is 5.73 Å². The summed E-state index contributed by atoms with van der Waals surface area (Å²) in [5.74, 6) is -0.632. The van der Waals surface area contributed by atoms with E-state index >= 15 is 0 Å². The van der Waals surface area contributed by atoms with Gasteiger partial charge in [-0.3, -0.25) is 0 Å². The Hall–Kier alpha value is -1.53. The molecule has 0 saturated carbocycles. The van der Waals surface area contributed by atoms with Crippen LogP contribution in [0, 0.1) is 11.6 Å². The van der Waals surface area contributed by atoms with Crippen molar-refractivity contribution >= 4 is 11.6 Å². The standard InChI is InChI=1S/C13H15ClF2N4/c1-13(2,3)20-11(6-17)18-19-12(20)7-4-10(16)8(14)5-9(7)15/h4-5H,6,17H2,1-3H3. The largest absolute Gasteiger partial charge is 0.324 e. The second-order valence-electron chi connectivity index (χ2n) is 5.40. The van der Waals surface area contributed by atoms with Crippen molar-refractivity contribution in [1.82, 2.24) is 14.8 Å². The van der Waals surface area contributed by atoms with Crippen molar-refractivity contribution in [2.45, 2.75) is 32.9 Å². The second-order valence-corrected chi connectivity index (χ2v) is 5.80. The third kappa shape index (κ3) is 2.53. The molecule has 0 saturated heterocycles. The normalized spacial score (nSPS) is 11.9. The summed E-state index contributed by atoms with van der Waals surface area (Å²) in [6.07, 6.45) is 0. The summed E-state index contributed by atoms with van der Waals surface area (Å²) >= 11 is 5.56. The minimum absolute atomic E-state index is 0.00836. The lowest BCUT2D eigenvalue weighted by Crippen LogP contribution is -2.26. The molecule has 2 N–H and O–H groups in total. The van der Waals surface area contributed by atoms with Gasteiger partial charge in [0, 0.05) is 5.54 Å². The summed E-state index contributed by atoms with van der Waals surface area (Å²) in [7, 11) is 0. The molecule has 0 radical (unpaired) electrons. The van der Waals surface area contributed by atoms with E-state index in [1.165, 1.54) is 0 Å². The van der Waals surface area contributed by atoms with Crippen molar-refractivity contribution in [3.05, 3.63) is 34.6 Å². The number of rotatable bonds is 2. The maximum Gasteiger partial charge on any atom is 0.167 e. The Morgan fingerprint density at radius 3 is 2.40 bits per heavy atom. The van der Waals surface area contributed by atoms with Gasteiger partial charge in [0.1, 0.15) is 17.5 Å². The van der Waals surface area contributed by atoms with E-state index in [0.717, 1.165) is 12.1 Å². The number of hydrogen-bond acceptors (Lipinski definition) is 3. The van der Waals surface area contributed by atoms with Gasteiger partial charge >= 0.3 is 0 Å². The van der Waals surface area contributed by atoms with Gasteiger partial charge in [0.25, 0.3) is 0 Å². The lowest BCUT2D eigenvalue weighted by Gasteiger charge is -2.24. The SMILES string of the molecule is CC(C)(C)n1c(CN)nnc1-c1cc(F)c(Cl)cc1F. The molecule has 0 amide bonds. The number of nitrogens with zero attached hydrogens (tertiary/aromatic N) is 3. The minimum Gasteiger partial charge on any atom is -0.324 e. The molecule has 4 nitrogen and oxygen atoms in total. The average Bonchev–Trinajstić information content (AvgIpc) is 2.77. The number of hydrogen-bond donors (Lipinski definition) is 1. The van der Waals surface area contributed by atoms with Gasteiger partial charge in [-0.15, -0.1) is 10.2 Å². The van der Waals surface area contributed by atoms with Crippen LogP contribution in [0.1, 0.15) is 26.6 Å². The first-order valence-electron chi connectivity index (χ1n) is 6.05. The smallest absolute Gasteiger partial charge is 0.167 e. The highest BCUT2D eigenvalue weighted by atomic mass is 35.5. The molecular weight excluding hydrogens is 286 g/mol. The van der Waals surface area contributed by atoms with Crippen molar-refractivity contribution in [2.24, 2.45) is 5.73 Å². The first-order chi connectivity index (χ1) is 9.25. The molecule has 0 spiro atoms. The third-order valence-corrected chi connectivity index (χ3v) is 3.12. The molecule has 1 heterocycles. The molecule has 0 unspecified atom stereocenters. The highest BCUT2D eigenvalue weighted by Crippen LogP contribution is 2.30. The summed E-state index contributed by atoms with van der Waals surface area (Å²) in [4.78, 5) is 0. The van der Waals surface area contributed by atoms with Crippen LogP contribution in [0.2, 0.25) is 5.02 Å². The van der Waals surface area contributed by atoms with Crippen molar-refractivity contribution in [2.75, 3.05) is 0 Å². The van der Waals surface area contributed by atoms with E-state index in [9.17, 15) is 8.78 Å². The van der Waals surface area contributed by atoms with E-state index in [1.807, 2.05) is 20.8 Å². The number of halogens is 3. The average molecular weight is 301 g/mol. The Morgan fingerprint density at radius 1 is 1.20 bits per heavy atom. The molecule has 0 bridgehead atoms. The topological polar surface area (TPSA) is 56.7 Å². The van der Waals surface area contributed by atoms with Gasteiger partial charge in [-0.2, -0.15) is 0 Å². The lowest BCUT2D eigenvalue weighted by molar-refractivity contribution is 0.385. The van der Waals surface area contributed by atoms with Gasteiger partial charge in [-0.05, 0) is 32.9 Å². The van der Waals surface area contributed by atoms with Gasteiger partial charge in [0.2, 0.25) is 0 Å². The fourth-order valence-electron chi connectivity index (χ4n) is 2.02. The molecule has 20 heavy (non-hydrogen) atoms. The highest BCUT2D eigenvalue weighted by molar-refractivity contribution is 6.30. The van der Waals surface area contributed by atoms with Crippen LogP contribution >= 0.6 is 11.6 Å². The van der Waals surface area contributed by atoms with E-state index in [-0.39, 0.29) is 23.0 Å². The predicted molar refractivity (Wildman–Crippen MR) is 73.3 cm³/mol. The van der Waals surface area contributed by atoms with Gasteiger partial charge < -0.3 is 10.3 Å². The number of aromatic nitrogens is 3. The first kappa shape index (κ1) is 14.9. The lowest BCUT2D eigenvalue weighted by atomic mass is 10.1. The molecule has 7 heteroatoms. The van der Waals surface area contributed by atoms with Crippen molar-refractivity contribution < 1.29 is 8.78 Å². The molecular formula is C13H15ClF2N4. The van der Waals surface area contributed by atoms with Gasteiger partial charge in [-0.25, -0.2) is 8.78 Å². The predicted octanol–water partition coefficient (Wildman–Crippen LogP) is 3.09. The van der Waals surface area contributed by atoms with Crippen LogP contribution in [0.3, 0.4) is 0 Å². The van der Waals surface area contributed by atoms with E-state index < -0.39 is 17.2 Å². The maximum absolute atomic E-state index is 14.0. The Kier molecular flexibility index (Phi) is 3.80. The zero-order valence-electron chi connectivity index (χ0n) is 11.4. The zero-order chi connectivity index (χ0) is 15.1. The monoisotopic (exact) mass is 300 g/mol. The van der Waals surface area contributed by atoms with Crippen LogP contribution in [0.4, 0.5) is 8.78 Å². The molecule has 1 aromatic heterocycles. The van der Waals surface area contributed by atoms with Crippen molar-refractivity contribution in [3.8, 4) is 11.4 Å². The van der Waals surface area contributed by atoms with Crippen LogP contribution in [-0.2, 0) is 12.1 Å². The summed E-state index contributed by atoms with van der Waals surface area (Å²) in [5.41, 5.74) is 5.21. The maximum atomic E-state index is 14.0. The van der Waals surface area contributed by atoms with Gasteiger partial charge in [-0.1, -0.05) is 11.6 Å². The van der Waals surface area contributed by atoms with Crippen LogP contribution in [0.25, 0.3) is 11.4 Å². The molecule has 108 valence electrons. The minimum atomic E-state index is -0.708. The Morgan fingerprint density at radius 2 is 1.85 bits per heavy atom. The Labute approximate surface area is 120 Å². The molecule has 0 aliphatic rings. The van der Waals surface area contributed by atoms with E-state index in [4.69, 9.17) is 17.3 Å². The fourth-order valence-corrected chi connectivity index (χ4v) is 2.17. The molecule has 2 aromatic rings. The van der Waals surface area contributed by atoms with Crippen LogP contribution in [0.15, 0.2) is 12.1 Å². The summed E-state index contributed by atoms with van der Waals surface area (Å²) in [6, 6.07) is 1.94. The van der Waals surface area contributed by atoms with Crippen molar-refractivity contribution in [3.63, 3.8) is 0 Å². The third-order valence-electron chi connectivity index (χ3n) is 2.83. The van der Waals surface area contributed by atoms with Crippen LogP contribution in [0.5, 0.6) is 0 Å². The Bertz CT molecular complexity index is 647. The molecule has 0 aliphatic heterocycles. The Balaban J connectivity index is 2.71. The van der Waals surface area contributed by atoms with E-state index in [0.29, 0.717) is 5.82 Å². The first-order valence-corrected chi connectivity index (χ1v) is 6.43. The molecule has 0 atom stereocenters. The van der Waals surface area contributed by atoms with E-state index in [1.54, 1.807) is 4.57 Å². The fraction of sp³-hybridized carbons (Fsp3) is 0.385. The molecule has 1 aromatic carbocycles. The molecule has 0 fully saturated rings. The van der Waals surface area contributed by atoms with E-state index in [2.05, 4.69) is 10.2 Å². The number of nitrogens with two attached hydrogens (primary N) is 1. The van der Waals surface area contributed by atoms with Gasteiger partial charge in [0.05, 0.1) is 17.1 Å². The second kappa shape index (κ2) is 5.10.